The van der Waals surface area contributed by atoms with Crippen LogP contribution in [0.5, 0.6) is 0 Å². The van der Waals surface area contributed by atoms with E-state index in [4.69, 9.17) is 4.98 Å². The quantitative estimate of drug-likeness (QED) is 0.935. The van der Waals surface area contributed by atoms with Crippen LogP contribution in [-0.4, -0.2) is 50.3 Å². The van der Waals surface area contributed by atoms with Crippen LogP contribution >= 0.6 is 0 Å². The topological polar surface area (TPSA) is 54.2 Å². The molecule has 1 fully saturated rings. The minimum absolute atomic E-state index is 0.121. The van der Waals surface area contributed by atoms with Gasteiger partial charge in [-0.1, -0.05) is 0 Å². The third-order valence-electron chi connectivity index (χ3n) is 4.41. The van der Waals surface area contributed by atoms with Crippen LogP contribution < -0.4 is 0 Å². The van der Waals surface area contributed by atoms with E-state index in [0.717, 1.165) is 30.0 Å². The van der Waals surface area contributed by atoms with Crippen LogP contribution in [0.4, 0.5) is 0 Å². The molecule has 21 heavy (non-hydrogen) atoms. The molecule has 0 radical (unpaired) electrons. The number of hydrogen-bond donors (Lipinski definition) is 1. The summed E-state index contributed by atoms with van der Waals surface area (Å²) < 4.78 is 2.10. The summed E-state index contributed by atoms with van der Waals surface area (Å²) in [6.07, 6.45) is 4.17. The van der Waals surface area contributed by atoms with Crippen LogP contribution in [0, 0.1) is 0 Å². The van der Waals surface area contributed by atoms with E-state index in [1.54, 1.807) is 6.20 Å². The number of nitrogens with zero attached hydrogens (tertiary/aromatic N) is 4. The number of aliphatic hydroxyl groups excluding tert-OH is 1. The van der Waals surface area contributed by atoms with E-state index in [9.17, 15) is 5.11 Å². The van der Waals surface area contributed by atoms with E-state index >= 15 is 0 Å². The number of rotatable bonds is 4. The second-order valence-corrected chi connectivity index (χ2v) is 6.12. The summed E-state index contributed by atoms with van der Waals surface area (Å²) in [5.74, 6) is 1.52. The van der Waals surface area contributed by atoms with Crippen LogP contribution in [0.25, 0.3) is 11.2 Å². The molecular formula is C16H24N4O. The van der Waals surface area contributed by atoms with Crippen molar-refractivity contribution >= 4 is 11.2 Å². The van der Waals surface area contributed by atoms with Gasteiger partial charge in [0.1, 0.15) is 11.3 Å². The third kappa shape index (κ3) is 2.80. The lowest BCUT2D eigenvalue weighted by Crippen LogP contribution is -2.39. The van der Waals surface area contributed by atoms with Gasteiger partial charge in [-0.2, -0.15) is 0 Å². The molecule has 1 aliphatic rings. The van der Waals surface area contributed by atoms with Gasteiger partial charge in [0.05, 0.1) is 6.61 Å². The highest BCUT2D eigenvalue weighted by Gasteiger charge is 2.27. The predicted octanol–water partition coefficient (Wildman–Crippen LogP) is 2.01. The second kappa shape index (κ2) is 6.12. The van der Waals surface area contributed by atoms with Gasteiger partial charge in [0.15, 0.2) is 5.65 Å². The highest BCUT2D eigenvalue weighted by molar-refractivity contribution is 5.71. The molecule has 3 heterocycles. The summed E-state index contributed by atoms with van der Waals surface area (Å²) in [6, 6.07) is 4.49. The zero-order chi connectivity index (χ0) is 14.8. The number of aromatic nitrogens is 3. The van der Waals surface area contributed by atoms with Gasteiger partial charge < -0.3 is 14.6 Å². The van der Waals surface area contributed by atoms with E-state index < -0.39 is 0 Å². The Balaban J connectivity index is 1.97. The number of hydrogen-bond acceptors (Lipinski definition) is 4. The Kier molecular flexibility index (Phi) is 4.22. The summed E-state index contributed by atoms with van der Waals surface area (Å²) in [5.41, 5.74) is 1.82. The van der Waals surface area contributed by atoms with Crippen LogP contribution in [-0.2, 0) is 6.54 Å². The van der Waals surface area contributed by atoms with Gasteiger partial charge in [-0.15, -0.1) is 0 Å². The van der Waals surface area contributed by atoms with Crippen LogP contribution in [0.3, 0.4) is 0 Å². The molecule has 3 rings (SSSR count). The Labute approximate surface area is 125 Å². The standard InChI is InChI=1S/C16H24N4O/c1-12(2)19-8-4-5-13(11-19)15-18-14-6-3-7-17-16(14)20(15)9-10-21/h3,6-7,12-13,21H,4-5,8-11H2,1-2H3. The minimum atomic E-state index is 0.121. The highest BCUT2D eigenvalue weighted by Crippen LogP contribution is 2.29. The van der Waals surface area contributed by atoms with Crippen molar-refractivity contribution in [3.63, 3.8) is 0 Å². The fourth-order valence-corrected chi connectivity index (χ4v) is 3.29. The molecule has 114 valence electrons. The molecule has 1 saturated heterocycles. The average molecular weight is 288 g/mol. The molecule has 1 unspecified atom stereocenters. The summed E-state index contributed by atoms with van der Waals surface area (Å²) in [6.45, 7) is 7.41. The first kappa shape index (κ1) is 14.5. The largest absolute Gasteiger partial charge is 0.395 e. The van der Waals surface area contributed by atoms with E-state index in [1.165, 1.54) is 13.0 Å². The van der Waals surface area contributed by atoms with Crippen molar-refractivity contribution in [2.45, 2.75) is 45.2 Å². The number of pyridine rings is 1. The van der Waals surface area contributed by atoms with Gasteiger partial charge in [-0.3, -0.25) is 0 Å². The smallest absolute Gasteiger partial charge is 0.160 e. The number of fused-ring (bicyclic) bond motifs is 1. The SMILES string of the molecule is CC(C)N1CCCC(c2nc3cccnc3n2CCO)C1. The number of likely N-dealkylation sites (tertiary alicyclic amines) is 1. The lowest BCUT2D eigenvalue weighted by Gasteiger charge is -2.35. The molecule has 1 N–H and O–H groups in total. The summed E-state index contributed by atoms with van der Waals surface area (Å²) in [5, 5.41) is 9.37. The molecule has 5 heteroatoms. The lowest BCUT2D eigenvalue weighted by atomic mass is 9.96. The van der Waals surface area contributed by atoms with Crippen molar-refractivity contribution in [3.8, 4) is 0 Å². The van der Waals surface area contributed by atoms with Crippen LogP contribution in [0.1, 0.15) is 38.4 Å². The Morgan fingerprint density at radius 2 is 2.29 bits per heavy atom. The van der Waals surface area contributed by atoms with E-state index in [0.29, 0.717) is 18.5 Å². The molecule has 0 aromatic carbocycles. The molecule has 5 nitrogen and oxygen atoms in total. The lowest BCUT2D eigenvalue weighted by molar-refractivity contribution is 0.162. The third-order valence-corrected chi connectivity index (χ3v) is 4.41. The molecule has 0 amide bonds. The maximum Gasteiger partial charge on any atom is 0.160 e. The van der Waals surface area contributed by atoms with Gasteiger partial charge in [0.2, 0.25) is 0 Å². The molecule has 0 aliphatic carbocycles. The number of aliphatic hydroxyl groups is 1. The van der Waals surface area contributed by atoms with Gasteiger partial charge in [-0.25, -0.2) is 9.97 Å². The Morgan fingerprint density at radius 1 is 1.43 bits per heavy atom. The summed E-state index contributed by atoms with van der Waals surface area (Å²) >= 11 is 0. The highest BCUT2D eigenvalue weighted by atomic mass is 16.3. The molecule has 2 aromatic rings. The molecule has 1 atom stereocenters. The first-order valence-electron chi connectivity index (χ1n) is 7.86. The van der Waals surface area contributed by atoms with Crippen molar-refractivity contribution in [3.05, 3.63) is 24.2 Å². The molecular weight excluding hydrogens is 264 g/mol. The van der Waals surface area contributed by atoms with Gasteiger partial charge in [0.25, 0.3) is 0 Å². The van der Waals surface area contributed by atoms with Crippen molar-refractivity contribution < 1.29 is 5.11 Å². The second-order valence-electron chi connectivity index (χ2n) is 6.12. The Bertz CT molecular complexity index is 607. The summed E-state index contributed by atoms with van der Waals surface area (Å²) in [4.78, 5) is 11.8. The number of imidazole rings is 1. The van der Waals surface area contributed by atoms with Crippen molar-refractivity contribution in [1.82, 2.24) is 19.4 Å². The van der Waals surface area contributed by atoms with Gasteiger partial charge >= 0.3 is 0 Å². The van der Waals surface area contributed by atoms with E-state index in [1.807, 2.05) is 12.1 Å². The number of piperidine rings is 1. The molecule has 0 saturated carbocycles. The van der Waals surface area contributed by atoms with E-state index in [2.05, 4.69) is 28.3 Å². The fourth-order valence-electron chi connectivity index (χ4n) is 3.29. The Morgan fingerprint density at radius 3 is 3.05 bits per heavy atom. The maximum absolute atomic E-state index is 9.37. The van der Waals surface area contributed by atoms with Gasteiger partial charge in [0, 0.05) is 31.2 Å². The first-order chi connectivity index (χ1) is 10.2. The zero-order valence-electron chi connectivity index (χ0n) is 12.9. The molecule has 0 spiro atoms. The maximum atomic E-state index is 9.37. The van der Waals surface area contributed by atoms with Crippen molar-refractivity contribution in [2.24, 2.45) is 0 Å². The molecule has 1 aliphatic heterocycles. The monoisotopic (exact) mass is 288 g/mol. The average Bonchev–Trinajstić information content (AvgIpc) is 2.87. The minimum Gasteiger partial charge on any atom is -0.395 e. The van der Waals surface area contributed by atoms with Crippen LogP contribution in [0.15, 0.2) is 18.3 Å². The van der Waals surface area contributed by atoms with E-state index in [-0.39, 0.29) is 6.61 Å². The molecule has 0 bridgehead atoms. The zero-order valence-corrected chi connectivity index (χ0v) is 12.9. The normalized spacial score (nSPS) is 20.5. The first-order valence-corrected chi connectivity index (χ1v) is 7.86. The predicted molar refractivity (Wildman–Crippen MR) is 83.3 cm³/mol. The van der Waals surface area contributed by atoms with Crippen molar-refractivity contribution in [1.29, 1.82) is 0 Å². The fraction of sp³-hybridized carbons (Fsp3) is 0.625. The van der Waals surface area contributed by atoms with Gasteiger partial charge in [-0.05, 0) is 45.4 Å². The van der Waals surface area contributed by atoms with Crippen molar-refractivity contribution in [2.75, 3.05) is 19.7 Å². The molecule has 2 aromatic heterocycles. The van der Waals surface area contributed by atoms with Crippen LogP contribution in [0.2, 0.25) is 0 Å². The summed E-state index contributed by atoms with van der Waals surface area (Å²) in [7, 11) is 0. The Hall–Kier alpha value is -1.46.